The third-order valence-electron chi connectivity index (χ3n) is 2.88. The Kier molecular flexibility index (Phi) is 2.95. The van der Waals surface area contributed by atoms with Crippen molar-refractivity contribution in [1.29, 1.82) is 0 Å². The molecule has 4 heteroatoms. The number of halogens is 2. The minimum atomic E-state index is -1.53. The standard InChI is InChI=1S/C11H14F2N2/c12-10-8-15-6-2-9(10)11(13)3-1-5-14-7-4-11/h2,6,8,14H,1,3-5,7H2. The Morgan fingerprint density at radius 1 is 1.33 bits per heavy atom. The Morgan fingerprint density at radius 3 is 3.00 bits per heavy atom. The summed E-state index contributed by atoms with van der Waals surface area (Å²) in [5, 5.41) is 3.11. The first-order chi connectivity index (χ1) is 7.22. The minimum absolute atomic E-state index is 0.154. The molecule has 0 saturated carbocycles. The van der Waals surface area contributed by atoms with Gasteiger partial charge in [0.1, 0.15) is 11.5 Å². The van der Waals surface area contributed by atoms with E-state index in [2.05, 4.69) is 10.3 Å². The average Bonchev–Trinajstić information content (AvgIpc) is 2.44. The van der Waals surface area contributed by atoms with Crippen molar-refractivity contribution in [2.75, 3.05) is 13.1 Å². The van der Waals surface area contributed by atoms with Gasteiger partial charge in [-0.2, -0.15) is 0 Å². The Hall–Kier alpha value is -1.03. The van der Waals surface area contributed by atoms with E-state index < -0.39 is 11.5 Å². The molecule has 1 atom stereocenters. The number of rotatable bonds is 1. The fourth-order valence-electron chi connectivity index (χ4n) is 2.04. The van der Waals surface area contributed by atoms with Gasteiger partial charge in [0.05, 0.1) is 6.20 Å². The second kappa shape index (κ2) is 4.23. The molecule has 0 radical (unpaired) electrons. The van der Waals surface area contributed by atoms with Crippen molar-refractivity contribution < 1.29 is 8.78 Å². The summed E-state index contributed by atoms with van der Waals surface area (Å²) in [6.07, 6.45) is 3.96. The predicted octanol–water partition coefficient (Wildman–Crippen LogP) is 2.16. The van der Waals surface area contributed by atoms with Crippen molar-refractivity contribution in [1.82, 2.24) is 10.3 Å². The van der Waals surface area contributed by atoms with E-state index in [1.165, 1.54) is 12.3 Å². The van der Waals surface area contributed by atoms with E-state index in [0.717, 1.165) is 19.2 Å². The highest BCUT2D eigenvalue weighted by atomic mass is 19.1. The van der Waals surface area contributed by atoms with Crippen LogP contribution in [0.15, 0.2) is 18.5 Å². The monoisotopic (exact) mass is 212 g/mol. The third kappa shape index (κ3) is 2.15. The minimum Gasteiger partial charge on any atom is -0.317 e. The topological polar surface area (TPSA) is 24.9 Å². The van der Waals surface area contributed by atoms with Gasteiger partial charge in [0.15, 0.2) is 0 Å². The highest BCUT2D eigenvalue weighted by Crippen LogP contribution is 2.36. The van der Waals surface area contributed by atoms with Crippen molar-refractivity contribution >= 4 is 0 Å². The lowest BCUT2D eigenvalue weighted by molar-refractivity contribution is 0.139. The van der Waals surface area contributed by atoms with Gasteiger partial charge in [-0.05, 0) is 38.4 Å². The molecule has 2 heterocycles. The van der Waals surface area contributed by atoms with E-state index in [1.807, 2.05) is 0 Å². The van der Waals surface area contributed by atoms with Crippen LogP contribution in [0.3, 0.4) is 0 Å². The van der Waals surface area contributed by atoms with E-state index in [4.69, 9.17) is 0 Å². The molecular formula is C11H14F2N2. The molecule has 1 fully saturated rings. The largest absolute Gasteiger partial charge is 0.317 e. The number of nitrogens with one attached hydrogen (secondary N) is 1. The van der Waals surface area contributed by atoms with E-state index in [1.54, 1.807) is 0 Å². The molecule has 0 bridgehead atoms. The zero-order valence-electron chi connectivity index (χ0n) is 8.47. The summed E-state index contributed by atoms with van der Waals surface area (Å²) < 4.78 is 27.9. The van der Waals surface area contributed by atoms with E-state index in [-0.39, 0.29) is 5.56 Å². The Bertz CT molecular complexity index is 333. The van der Waals surface area contributed by atoms with Gasteiger partial charge < -0.3 is 5.32 Å². The van der Waals surface area contributed by atoms with Gasteiger partial charge >= 0.3 is 0 Å². The molecule has 0 aliphatic carbocycles. The van der Waals surface area contributed by atoms with Crippen molar-refractivity contribution in [3.63, 3.8) is 0 Å². The van der Waals surface area contributed by atoms with Crippen molar-refractivity contribution in [3.05, 3.63) is 29.8 Å². The average molecular weight is 212 g/mol. The number of hydrogen-bond acceptors (Lipinski definition) is 2. The molecule has 1 unspecified atom stereocenters. The second-order valence-corrected chi connectivity index (χ2v) is 3.92. The van der Waals surface area contributed by atoms with Crippen LogP contribution in [0.5, 0.6) is 0 Å². The van der Waals surface area contributed by atoms with Gasteiger partial charge in [0, 0.05) is 11.8 Å². The lowest BCUT2D eigenvalue weighted by Crippen LogP contribution is -2.23. The van der Waals surface area contributed by atoms with E-state index >= 15 is 0 Å². The van der Waals surface area contributed by atoms with Gasteiger partial charge in [-0.25, -0.2) is 8.78 Å². The maximum absolute atomic E-state index is 14.5. The molecule has 2 nitrogen and oxygen atoms in total. The summed E-state index contributed by atoms with van der Waals surface area (Å²) in [5.41, 5.74) is -1.38. The molecule has 2 rings (SSSR count). The lowest BCUT2D eigenvalue weighted by atomic mass is 9.89. The molecule has 1 N–H and O–H groups in total. The third-order valence-corrected chi connectivity index (χ3v) is 2.88. The molecule has 1 saturated heterocycles. The zero-order chi connectivity index (χ0) is 10.7. The second-order valence-electron chi connectivity index (χ2n) is 3.92. The van der Waals surface area contributed by atoms with E-state index in [9.17, 15) is 8.78 Å². The van der Waals surface area contributed by atoms with Crippen molar-refractivity contribution in [2.45, 2.75) is 24.9 Å². The molecule has 1 aliphatic heterocycles. The van der Waals surface area contributed by atoms with Crippen LogP contribution in [-0.2, 0) is 5.67 Å². The summed E-state index contributed by atoms with van der Waals surface area (Å²) in [4.78, 5) is 3.64. The van der Waals surface area contributed by atoms with Gasteiger partial charge in [-0.15, -0.1) is 0 Å². The molecule has 15 heavy (non-hydrogen) atoms. The first kappa shape index (κ1) is 10.5. The van der Waals surface area contributed by atoms with Crippen molar-refractivity contribution in [2.24, 2.45) is 0 Å². The van der Waals surface area contributed by atoms with Gasteiger partial charge in [-0.3, -0.25) is 4.98 Å². The summed E-state index contributed by atoms with van der Waals surface area (Å²) in [6, 6.07) is 1.45. The first-order valence-corrected chi connectivity index (χ1v) is 5.22. The van der Waals surface area contributed by atoms with Crippen LogP contribution in [0.4, 0.5) is 8.78 Å². The molecule has 1 aromatic heterocycles. The number of aromatic nitrogens is 1. The summed E-state index contributed by atoms with van der Waals surface area (Å²) >= 11 is 0. The van der Waals surface area contributed by atoms with Crippen LogP contribution in [0.1, 0.15) is 24.8 Å². The zero-order valence-corrected chi connectivity index (χ0v) is 8.47. The highest BCUT2D eigenvalue weighted by molar-refractivity contribution is 5.21. The molecule has 1 aliphatic rings. The van der Waals surface area contributed by atoms with Crippen LogP contribution in [-0.4, -0.2) is 18.1 Å². The van der Waals surface area contributed by atoms with E-state index in [0.29, 0.717) is 19.4 Å². The molecule has 1 aromatic rings. The maximum atomic E-state index is 14.5. The van der Waals surface area contributed by atoms with Crippen LogP contribution in [0, 0.1) is 5.82 Å². The number of pyridine rings is 1. The molecule has 0 spiro atoms. The Morgan fingerprint density at radius 2 is 2.20 bits per heavy atom. The Labute approximate surface area is 87.7 Å². The molecule has 82 valence electrons. The van der Waals surface area contributed by atoms with Crippen molar-refractivity contribution in [3.8, 4) is 0 Å². The smallest absolute Gasteiger partial charge is 0.147 e. The number of hydrogen-bond donors (Lipinski definition) is 1. The summed E-state index contributed by atoms with van der Waals surface area (Å²) in [7, 11) is 0. The van der Waals surface area contributed by atoms with Crippen LogP contribution in [0.25, 0.3) is 0 Å². The molecule has 0 amide bonds. The van der Waals surface area contributed by atoms with Gasteiger partial charge in [-0.1, -0.05) is 0 Å². The van der Waals surface area contributed by atoms with Gasteiger partial charge in [0.2, 0.25) is 0 Å². The molecule has 0 aromatic carbocycles. The first-order valence-electron chi connectivity index (χ1n) is 5.22. The normalized spacial score (nSPS) is 27.3. The Balaban J connectivity index is 2.30. The fourth-order valence-corrected chi connectivity index (χ4v) is 2.04. The predicted molar refractivity (Wildman–Crippen MR) is 53.7 cm³/mol. The number of alkyl halides is 1. The van der Waals surface area contributed by atoms with Gasteiger partial charge in [0.25, 0.3) is 0 Å². The number of nitrogens with zero attached hydrogens (tertiary/aromatic N) is 1. The lowest BCUT2D eigenvalue weighted by Gasteiger charge is -2.23. The van der Waals surface area contributed by atoms with Crippen LogP contribution >= 0.6 is 0 Å². The quantitative estimate of drug-likeness (QED) is 0.771. The van der Waals surface area contributed by atoms with Crippen LogP contribution in [0.2, 0.25) is 0 Å². The highest BCUT2D eigenvalue weighted by Gasteiger charge is 2.34. The fraction of sp³-hybridized carbons (Fsp3) is 0.545. The van der Waals surface area contributed by atoms with Crippen LogP contribution < -0.4 is 5.32 Å². The SMILES string of the molecule is Fc1cnccc1C1(F)CCCNCC1. The maximum Gasteiger partial charge on any atom is 0.147 e. The molecular weight excluding hydrogens is 198 g/mol. The summed E-state index contributed by atoms with van der Waals surface area (Å²) in [5.74, 6) is -0.540. The summed E-state index contributed by atoms with van der Waals surface area (Å²) in [6.45, 7) is 1.40.